The van der Waals surface area contributed by atoms with E-state index in [0.29, 0.717) is 0 Å². The summed E-state index contributed by atoms with van der Waals surface area (Å²) in [5.74, 6) is 0. The predicted octanol–water partition coefficient (Wildman–Crippen LogP) is 21.5. The van der Waals surface area contributed by atoms with E-state index in [0.717, 1.165) is 89.3 Å². The molecule has 0 spiro atoms. The standard InChI is InChI=1S/C76H74N2OSi2/c1-75(2,3)53-31-35-55(36-32-53)77(56-39-44-60(45-40-56)80(7,8)9)59-43-48-64-67(49-59)62-27-19-20-28-63(62)72(70(64)52-25-17-14-18-26-52)73-66(51-23-15-13-16-24-51)50-68(71-65-29-21-22-30-69(65)79-74(71)73)78(57-37-33-54(34-38-57)76(4,5)6)58-41-46-61(47-42-58)81(10,11)12/h13-50H,1-12H3. The summed E-state index contributed by atoms with van der Waals surface area (Å²) in [6.07, 6.45) is 0. The first kappa shape index (κ1) is 53.4. The molecule has 0 aliphatic rings. The van der Waals surface area contributed by atoms with E-state index in [1.54, 1.807) is 0 Å². The minimum Gasteiger partial charge on any atom is -0.455 e. The number of anilines is 6. The smallest absolute Gasteiger partial charge is 0.146 e. The van der Waals surface area contributed by atoms with Crippen LogP contribution >= 0.6 is 0 Å². The van der Waals surface area contributed by atoms with E-state index in [2.05, 4.69) is 321 Å². The van der Waals surface area contributed by atoms with Crippen LogP contribution in [0.25, 0.3) is 76.9 Å². The predicted molar refractivity (Wildman–Crippen MR) is 358 cm³/mol. The molecule has 0 aliphatic heterocycles. The molecule has 0 bridgehead atoms. The van der Waals surface area contributed by atoms with E-state index >= 15 is 0 Å². The quantitative estimate of drug-likeness (QED) is 0.0951. The van der Waals surface area contributed by atoms with Crippen molar-refractivity contribution in [2.75, 3.05) is 9.80 Å². The van der Waals surface area contributed by atoms with Gasteiger partial charge in [0.1, 0.15) is 11.2 Å². The van der Waals surface area contributed by atoms with Gasteiger partial charge >= 0.3 is 0 Å². The Labute approximate surface area is 482 Å². The summed E-state index contributed by atoms with van der Waals surface area (Å²) in [5, 5.41) is 9.71. The number of nitrogens with zero attached hydrogens (tertiary/aromatic N) is 2. The Kier molecular flexibility index (Phi) is 13.4. The average molecular weight is 1090 g/mol. The van der Waals surface area contributed by atoms with Crippen LogP contribution in [0.4, 0.5) is 34.1 Å². The molecule has 0 atom stereocenters. The molecule has 12 aromatic rings. The van der Waals surface area contributed by atoms with Crippen molar-refractivity contribution in [1.29, 1.82) is 0 Å². The van der Waals surface area contributed by atoms with Crippen molar-refractivity contribution < 1.29 is 4.42 Å². The Morgan fingerprint density at radius 2 is 0.753 bits per heavy atom. The van der Waals surface area contributed by atoms with Crippen LogP contribution in [0.5, 0.6) is 0 Å². The lowest BCUT2D eigenvalue weighted by Gasteiger charge is -2.30. The molecule has 0 N–H and O–H groups in total. The van der Waals surface area contributed by atoms with Crippen LogP contribution in [0.1, 0.15) is 52.7 Å². The van der Waals surface area contributed by atoms with Gasteiger partial charge in [-0.1, -0.05) is 249 Å². The molecular formula is C76H74N2OSi2. The summed E-state index contributed by atoms with van der Waals surface area (Å²) in [6.45, 7) is 28.2. The van der Waals surface area contributed by atoms with Gasteiger partial charge in [0.05, 0.1) is 27.2 Å². The first-order valence-electron chi connectivity index (χ1n) is 28.8. The molecule has 1 aromatic heterocycles. The third-order valence-electron chi connectivity index (χ3n) is 16.5. The number of rotatable bonds is 11. The van der Waals surface area contributed by atoms with Crippen molar-refractivity contribution in [2.24, 2.45) is 0 Å². The minimum absolute atomic E-state index is 0.00354. The molecule has 5 heteroatoms. The third kappa shape index (κ3) is 10.0. The van der Waals surface area contributed by atoms with E-state index in [4.69, 9.17) is 4.42 Å². The van der Waals surface area contributed by atoms with E-state index in [1.807, 2.05) is 0 Å². The summed E-state index contributed by atoms with van der Waals surface area (Å²) in [6, 6.07) is 86.5. The van der Waals surface area contributed by atoms with E-state index < -0.39 is 16.1 Å². The van der Waals surface area contributed by atoms with E-state index in [1.165, 1.54) is 43.2 Å². The van der Waals surface area contributed by atoms with Crippen molar-refractivity contribution in [2.45, 2.75) is 91.7 Å². The molecular weight excluding hydrogens is 1010 g/mol. The van der Waals surface area contributed by atoms with Gasteiger partial charge in [-0.25, -0.2) is 0 Å². The topological polar surface area (TPSA) is 19.6 Å². The fourth-order valence-electron chi connectivity index (χ4n) is 11.9. The van der Waals surface area contributed by atoms with Gasteiger partial charge in [0, 0.05) is 45.0 Å². The molecule has 0 unspecified atom stereocenters. The lowest BCUT2D eigenvalue weighted by Crippen LogP contribution is -2.37. The number of furan rings is 1. The van der Waals surface area contributed by atoms with Gasteiger partial charge in [-0.15, -0.1) is 0 Å². The Balaban J connectivity index is 1.19. The number of fused-ring (bicyclic) bond motifs is 6. The monoisotopic (exact) mass is 1090 g/mol. The highest BCUT2D eigenvalue weighted by Crippen LogP contribution is 2.55. The van der Waals surface area contributed by atoms with Gasteiger partial charge < -0.3 is 14.2 Å². The second kappa shape index (κ2) is 20.4. The maximum absolute atomic E-state index is 7.52. The highest BCUT2D eigenvalue weighted by Gasteiger charge is 2.31. The lowest BCUT2D eigenvalue weighted by molar-refractivity contribution is 0.590. The first-order chi connectivity index (χ1) is 38.7. The molecule has 0 amide bonds. The molecule has 12 rings (SSSR count). The van der Waals surface area contributed by atoms with Crippen LogP contribution in [0.15, 0.2) is 235 Å². The Bertz CT molecular complexity index is 4150. The van der Waals surface area contributed by atoms with Crippen molar-refractivity contribution in [3.8, 4) is 33.4 Å². The summed E-state index contributed by atoms with van der Waals surface area (Å²) < 4.78 is 7.52. The van der Waals surface area contributed by atoms with Crippen molar-refractivity contribution in [3.63, 3.8) is 0 Å². The zero-order chi connectivity index (χ0) is 56.6. The van der Waals surface area contributed by atoms with Gasteiger partial charge in [0.2, 0.25) is 0 Å². The molecule has 1 heterocycles. The molecule has 3 nitrogen and oxygen atoms in total. The second-order valence-corrected chi connectivity index (χ2v) is 36.4. The zero-order valence-electron chi connectivity index (χ0n) is 49.2. The molecule has 402 valence electrons. The van der Waals surface area contributed by atoms with E-state index in [-0.39, 0.29) is 10.8 Å². The average Bonchev–Trinajstić information content (AvgIpc) is 3.94. The first-order valence-corrected chi connectivity index (χ1v) is 35.8. The Hall–Kier alpha value is -8.23. The highest BCUT2D eigenvalue weighted by molar-refractivity contribution is 6.89. The summed E-state index contributed by atoms with van der Waals surface area (Å²) >= 11 is 0. The summed E-state index contributed by atoms with van der Waals surface area (Å²) in [4.78, 5) is 4.91. The summed E-state index contributed by atoms with van der Waals surface area (Å²) in [7, 11) is -3.16. The van der Waals surface area contributed by atoms with Gasteiger partial charge in [-0.05, 0) is 139 Å². The highest BCUT2D eigenvalue weighted by atomic mass is 28.3. The van der Waals surface area contributed by atoms with Gasteiger partial charge in [-0.2, -0.15) is 0 Å². The van der Waals surface area contributed by atoms with Crippen molar-refractivity contribution >= 4 is 104 Å². The number of para-hydroxylation sites is 1. The number of hydrogen-bond donors (Lipinski definition) is 0. The molecule has 0 aliphatic carbocycles. The maximum atomic E-state index is 7.52. The van der Waals surface area contributed by atoms with Crippen molar-refractivity contribution in [1.82, 2.24) is 0 Å². The van der Waals surface area contributed by atoms with Gasteiger partial charge in [0.25, 0.3) is 0 Å². The Morgan fingerprint density at radius 1 is 0.333 bits per heavy atom. The van der Waals surface area contributed by atoms with Gasteiger partial charge in [-0.3, -0.25) is 0 Å². The maximum Gasteiger partial charge on any atom is 0.146 e. The molecule has 0 radical (unpaired) electrons. The zero-order valence-corrected chi connectivity index (χ0v) is 51.2. The SMILES string of the molecule is CC(C)(C)c1ccc(N(c2ccc([Si](C)(C)C)cc2)c2ccc3c(-c4ccccc4)c(-c4c(-c5ccccc5)cc(N(c5ccc(C(C)(C)C)cc5)c5ccc([Si](C)(C)C)cc5)c5c4oc4ccccc45)c4ccccc4c3c2)cc1. The number of benzene rings is 11. The van der Waals surface area contributed by atoms with Crippen LogP contribution in [0.3, 0.4) is 0 Å². The number of hydrogen-bond acceptors (Lipinski definition) is 3. The molecule has 0 fully saturated rings. The van der Waals surface area contributed by atoms with Crippen LogP contribution in [-0.4, -0.2) is 16.1 Å². The minimum atomic E-state index is -1.61. The Morgan fingerprint density at radius 3 is 1.26 bits per heavy atom. The molecule has 11 aromatic carbocycles. The van der Waals surface area contributed by atoms with Crippen molar-refractivity contribution in [3.05, 3.63) is 242 Å². The van der Waals surface area contributed by atoms with Crippen LogP contribution < -0.4 is 20.2 Å². The summed E-state index contributed by atoms with van der Waals surface area (Å²) in [5.41, 5.74) is 17.7. The third-order valence-corrected chi connectivity index (χ3v) is 20.6. The molecule has 0 saturated heterocycles. The largest absolute Gasteiger partial charge is 0.455 e. The van der Waals surface area contributed by atoms with Crippen LogP contribution in [0.2, 0.25) is 39.3 Å². The van der Waals surface area contributed by atoms with Crippen LogP contribution in [0, 0.1) is 0 Å². The van der Waals surface area contributed by atoms with E-state index in [9.17, 15) is 0 Å². The molecule has 0 saturated carbocycles. The fraction of sp³-hybridized carbons (Fsp3) is 0.184. The normalized spacial score (nSPS) is 12.4. The van der Waals surface area contributed by atoms with Crippen LogP contribution in [-0.2, 0) is 10.8 Å². The van der Waals surface area contributed by atoms with Gasteiger partial charge in [0.15, 0.2) is 0 Å². The lowest BCUT2D eigenvalue weighted by atomic mass is 9.81. The molecule has 81 heavy (non-hydrogen) atoms. The fourth-order valence-corrected chi connectivity index (χ4v) is 14.3. The second-order valence-electron chi connectivity index (χ2n) is 26.2.